The third kappa shape index (κ3) is 8.51. The van der Waals surface area contributed by atoms with Crippen LogP contribution in [0, 0.1) is 0 Å². The van der Waals surface area contributed by atoms with E-state index < -0.39 is 12.8 Å². The van der Waals surface area contributed by atoms with Crippen LogP contribution in [0.3, 0.4) is 0 Å². The van der Waals surface area contributed by atoms with Crippen molar-refractivity contribution in [1.82, 2.24) is 5.32 Å². The molecule has 0 aliphatic rings. The maximum atomic E-state index is 11.8. The van der Waals surface area contributed by atoms with Gasteiger partial charge in [-0.3, -0.25) is 4.79 Å². The molecule has 1 aromatic carbocycles. The van der Waals surface area contributed by atoms with Gasteiger partial charge >= 0.3 is 6.18 Å². The molecule has 1 rings (SSSR count). The van der Waals surface area contributed by atoms with E-state index in [0.717, 1.165) is 18.7 Å². The highest BCUT2D eigenvalue weighted by Crippen LogP contribution is 2.14. The first-order chi connectivity index (χ1) is 10.4. The SMILES string of the molecule is CN(CCCNC(=O)CCOCC(F)(F)F)c1ccccc1. The van der Waals surface area contributed by atoms with Crippen molar-refractivity contribution in [1.29, 1.82) is 0 Å². The van der Waals surface area contributed by atoms with Crippen molar-refractivity contribution in [3.05, 3.63) is 30.3 Å². The summed E-state index contributed by atoms with van der Waals surface area (Å²) in [5, 5.41) is 2.66. The normalized spacial score (nSPS) is 11.3. The Bertz CT molecular complexity index is 438. The lowest BCUT2D eigenvalue weighted by atomic mass is 10.3. The van der Waals surface area contributed by atoms with E-state index in [2.05, 4.69) is 15.0 Å². The van der Waals surface area contributed by atoms with Gasteiger partial charge in [-0.25, -0.2) is 0 Å². The Morgan fingerprint density at radius 3 is 2.59 bits per heavy atom. The van der Waals surface area contributed by atoms with Crippen LogP contribution < -0.4 is 10.2 Å². The van der Waals surface area contributed by atoms with Gasteiger partial charge in [0.2, 0.25) is 5.91 Å². The van der Waals surface area contributed by atoms with Crippen LogP contribution in [-0.2, 0) is 9.53 Å². The van der Waals surface area contributed by atoms with Gasteiger partial charge in [-0.05, 0) is 18.6 Å². The number of carbonyl (C=O) groups is 1. The molecule has 0 atom stereocenters. The molecule has 4 nitrogen and oxygen atoms in total. The van der Waals surface area contributed by atoms with Crippen molar-refractivity contribution >= 4 is 11.6 Å². The summed E-state index contributed by atoms with van der Waals surface area (Å²) in [5.74, 6) is -0.301. The zero-order valence-electron chi connectivity index (χ0n) is 12.5. The van der Waals surface area contributed by atoms with E-state index in [0.29, 0.717) is 6.54 Å². The van der Waals surface area contributed by atoms with E-state index >= 15 is 0 Å². The number of rotatable bonds is 9. The Labute approximate surface area is 128 Å². The molecule has 1 amide bonds. The van der Waals surface area contributed by atoms with E-state index in [1.807, 2.05) is 37.4 Å². The summed E-state index contributed by atoms with van der Waals surface area (Å²) in [6.07, 6.45) is -3.66. The molecule has 0 saturated heterocycles. The third-order valence-electron chi connectivity index (χ3n) is 2.93. The number of amides is 1. The molecule has 124 valence electrons. The Kier molecular flexibility index (Phi) is 7.73. The van der Waals surface area contributed by atoms with Crippen LogP contribution in [0.5, 0.6) is 0 Å². The number of para-hydroxylation sites is 1. The smallest absolute Gasteiger partial charge is 0.375 e. The van der Waals surface area contributed by atoms with Gasteiger partial charge in [-0.15, -0.1) is 0 Å². The number of halogens is 3. The van der Waals surface area contributed by atoms with Crippen LogP contribution in [-0.4, -0.2) is 45.4 Å². The molecule has 0 spiro atoms. The van der Waals surface area contributed by atoms with E-state index in [9.17, 15) is 18.0 Å². The van der Waals surface area contributed by atoms with Crippen molar-refractivity contribution in [2.45, 2.75) is 19.0 Å². The first-order valence-corrected chi connectivity index (χ1v) is 7.06. The summed E-state index contributed by atoms with van der Waals surface area (Å²) in [5.41, 5.74) is 1.09. The number of alkyl halides is 3. The zero-order chi connectivity index (χ0) is 16.4. The maximum Gasteiger partial charge on any atom is 0.411 e. The zero-order valence-corrected chi connectivity index (χ0v) is 12.5. The van der Waals surface area contributed by atoms with Crippen molar-refractivity contribution < 1.29 is 22.7 Å². The Morgan fingerprint density at radius 1 is 1.27 bits per heavy atom. The molecule has 0 aliphatic heterocycles. The predicted octanol–water partition coefficient (Wildman–Crippen LogP) is 2.60. The second kappa shape index (κ2) is 9.30. The Hall–Kier alpha value is -1.76. The van der Waals surface area contributed by atoms with Crippen LogP contribution >= 0.6 is 0 Å². The lowest BCUT2D eigenvalue weighted by molar-refractivity contribution is -0.174. The summed E-state index contributed by atoms with van der Waals surface area (Å²) in [6.45, 7) is -0.290. The molecular weight excluding hydrogens is 297 g/mol. The average Bonchev–Trinajstić information content (AvgIpc) is 2.48. The molecule has 0 radical (unpaired) electrons. The number of nitrogens with one attached hydrogen (secondary N) is 1. The molecule has 22 heavy (non-hydrogen) atoms. The fourth-order valence-corrected chi connectivity index (χ4v) is 1.80. The number of hydrogen-bond acceptors (Lipinski definition) is 3. The molecule has 0 aliphatic carbocycles. The van der Waals surface area contributed by atoms with Crippen LogP contribution in [0.2, 0.25) is 0 Å². The minimum atomic E-state index is -4.35. The van der Waals surface area contributed by atoms with E-state index in [-0.39, 0.29) is 18.9 Å². The summed E-state index contributed by atoms with van der Waals surface area (Å²) in [7, 11) is 1.96. The largest absolute Gasteiger partial charge is 0.411 e. The Balaban J connectivity index is 2.05. The fourth-order valence-electron chi connectivity index (χ4n) is 1.80. The molecule has 0 aromatic heterocycles. The highest BCUT2D eigenvalue weighted by Gasteiger charge is 2.27. The van der Waals surface area contributed by atoms with Crippen molar-refractivity contribution in [3.63, 3.8) is 0 Å². The second-order valence-electron chi connectivity index (χ2n) is 4.88. The summed E-state index contributed by atoms with van der Waals surface area (Å²) < 4.78 is 39.8. The van der Waals surface area contributed by atoms with Crippen LogP contribution in [0.4, 0.5) is 18.9 Å². The first-order valence-electron chi connectivity index (χ1n) is 7.06. The lowest BCUT2D eigenvalue weighted by Gasteiger charge is -2.19. The molecule has 0 unspecified atom stereocenters. The number of anilines is 1. The van der Waals surface area contributed by atoms with Gasteiger partial charge in [0.15, 0.2) is 0 Å². The number of carbonyl (C=O) groups excluding carboxylic acids is 1. The van der Waals surface area contributed by atoms with E-state index in [1.165, 1.54) is 0 Å². The first kappa shape index (κ1) is 18.3. The monoisotopic (exact) mass is 318 g/mol. The fraction of sp³-hybridized carbons (Fsp3) is 0.533. The number of ether oxygens (including phenoxy) is 1. The van der Waals surface area contributed by atoms with Gasteiger partial charge in [0, 0.05) is 32.2 Å². The van der Waals surface area contributed by atoms with Crippen molar-refractivity contribution in [2.75, 3.05) is 38.3 Å². The minimum Gasteiger partial charge on any atom is -0.375 e. The molecule has 1 aromatic rings. The quantitative estimate of drug-likeness (QED) is 0.712. The third-order valence-corrected chi connectivity index (χ3v) is 2.93. The van der Waals surface area contributed by atoms with E-state index in [4.69, 9.17) is 0 Å². The molecule has 0 heterocycles. The number of hydrogen-bond donors (Lipinski definition) is 1. The minimum absolute atomic E-state index is 0.0649. The standard InChI is InChI=1S/C15H21F3N2O2/c1-20(13-6-3-2-4-7-13)10-5-9-19-14(21)8-11-22-12-15(16,17)18/h2-4,6-7H,5,8-12H2,1H3,(H,19,21). The summed E-state index contributed by atoms with van der Waals surface area (Å²) in [6, 6.07) is 9.84. The van der Waals surface area contributed by atoms with Gasteiger partial charge in [0.25, 0.3) is 0 Å². The van der Waals surface area contributed by atoms with Gasteiger partial charge in [-0.2, -0.15) is 13.2 Å². The van der Waals surface area contributed by atoms with Gasteiger partial charge < -0.3 is 15.0 Å². The maximum absolute atomic E-state index is 11.8. The van der Waals surface area contributed by atoms with Crippen molar-refractivity contribution in [2.24, 2.45) is 0 Å². The molecule has 0 saturated carbocycles. The molecular formula is C15H21F3N2O2. The van der Waals surface area contributed by atoms with Crippen LogP contribution in [0.25, 0.3) is 0 Å². The molecule has 0 fully saturated rings. The van der Waals surface area contributed by atoms with Gasteiger partial charge in [0.1, 0.15) is 6.61 Å². The topological polar surface area (TPSA) is 41.6 Å². The summed E-state index contributed by atoms with van der Waals surface area (Å²) >= 11 is 0. The second-order valence-corrected chi connectivity index (χ2v) is 4.88. The summed E-state index contributed by atoms with van der Waals surface area (Å²) in [4.78, 5) is 13.5. The van der Waals surface area contributed by atoms with E-state index in [1.54, 1.807) is 0 Å². The van der Waals surface area contributed by atoms with Crippen LogP contribution in [0.15, 0.2) is 30.3 Å². The Morgan fingerprint density at radius 2 is 1.95 bits per heavy atom. The highest BCUT2D eigenvalue weighted by molar-refractivity contribution is 5.75. The molecule has 7 heteroatoms. The number of nitrogens with zero attached hydrogens (tertiary/aromatic N) is 1. The molecule has 1 N–H and O–H groups in total. The van der Waals surface area contributed by atoms with Crippen molar-refractivity contribution in [3.8, 4) is 0 Å². The van der Waals surface area contributed by atoms with Gasteiger partial charge in [-0.1, -0.05) is 18.2 Å². The predicted molar refractivity (Wildman–Crippen MR) is 78.8 cm³/mol. The molecule has 0 bridgehead atoms. The van der Waals surface area contributed by atoms with Crippen LogP contribution in [0.1, 0.15) is 12.8 Å². The van der Waals surface area contributed by atoms with Gasteiger partial charge in [0.05, 0.1) is 6.61 Å². The lowest BCUT2D eigenvalue weighted by Crippen LogP contribution is -2.29. The highest BCUT2D eigenvalue weighted by atomic mass is 19.4. The number of benzene rings is 1. The average molecular weight is 318 g/mol.